The average Bonchev–Trinajstić information content (AvgIpc) is 3.25. The first kappa shape index (κ1) is 52.2. The predicted molar refractivity (Wildman–Crippen MR) is 270 cm³/mol. The molecule has 0 spiro atoms. The maximum absolute atomic E-state index is 14.2. The second-order valence-electron chi connectivity index (χ2n) is 25.5. The number of nitrogens with two attached hydrogens (primary N) is 1. The fraction of sp³-hybridized carbons (Fsp3) is 0.733. The minimum atomic E-state index is -2.76. The van der Waals surface area contributed by atoms with Crippen LogP contribution in [0.25, 0.3) is 0 Å². The number of aromatic hydroxyl groups is 1. The lowest BCUT2D eigenvalue weighted by Gasteiger charge is -2.75. The first-order valence-corrected chi connectivity index (χ1v) is 26.9. The number of rotatable bonds is 7. The van der Waals surface area contributed by atoms with E-state index in [0.717, 1.165) is 25.7 Å². The van der Waals surface area contributed by atoms with Crippen molar-refractivity contribution < 1.29 is 39.0 Å². The molecule has 380 valence electrons. The van der Waals surface area contributed by atoms with Crippen molar-refractivity contribution in [3.8, 4) is 29.4 Å². The summed E-state index contributed by atoms with van der Waals surface area (Å²) in [6, 6.07) is 1.91. The van der Waals surface area contributed by atoms with Crippen molar-refractivity contribution in [2.75, 3.05) is 14.1 Å². The quantitative estimate of drug-likeness (QED) is 0.138. The number of fused-ring (bicyclic) bond motifs is 6. The molecule has 0 radical (unpaired) electrons. The zero-order chi connectivity index (χ0) is 51.5. The van der Waals surface area contributed by atoms with Crippen LogP contribution in [0.2, 0.25) is 0 Å². The van der Waals surface area contributed by atoms with Gasteiger partial charge in [-0.25, -0.2) is 0 Å². The molecule has 6 saturated carbocycles. The maximum atomic E-state index is 14.2. The number of hydrogen-bond donors (Lipinski definition) is 3. The highest BCUT2D eigenvalue weighted by atomic mass is 16.3. The molecule has 0 heterocycles. The van der Waals surface area contributed by atoms with Gasteiger partial charge in [-0.2, -0.15) is 0 Å². The zero-order valence-corrected chi connectivity index (χ0v) is 44.4. The van der Waals surface area contributed by atoms with Crippen LogP contribution < -0.4 is 5.73 Å². The second kappa shape index (κ2) is 18.4. The van der Waals surface area contributed by atoms with E-state index < -0.39 is 64.4 Å². The van der Waals surface area contributed by atoms with Gasteiger partial charge in [0.1, 0.15) is 11.5 Å². The van der Waals surface area contributed by atoms with Crippen molar-refractivity contribution >= 4 is 34.8 Å². The molecule has 10 heteroatoms. The van der Waals surface area contributed by atoms with Crippen LogP contribution in [0.15, 0.2) is 12.1 Å². The van der Waals surface area contributed by atoms with Crippen LogP contribution >= 0.6 is 0 Å². The van der Waals surface area contributed by atoms with Gasteiger partial charge in [0, 0.05) is 36.2 Å². The third kappa shape index (κ3) is 7.55. The number of carbonyl (C=O) groups excluding carboxylic acids is 6. The highest BCUT2D eigenvalue weighted by Gasteiger charge is 2.72. The van der Waals surface area contributed by atoms with E-state index in [1.54, 1.807) is 20.2 Å². The van der Waals surface area contributed by atoms with Crippen LogP contribution in [0, 0.1) is 135 Å². The number of primary amides is 1. The fourth-order valence-corrected chi connectivity index (χ4v) is 19.2. The zero-order valence-electron chi connectivity index (χ0n) is 44.4. The molecule has 7 aliphatic rings. The van der Waals surface area contributed by atoms with Crippen LogP contribution in [0.5, 0.6) is 5.75 Å². The summed E-state index contributed by atoms with van der Waals surface area (Å²) in [7, 11) is 3.14. The monoisotopic (exact) mass is 959 g/mol. The normalized spacial score (nSPS) is 44.1. The average molecular weight is 959 g/mol. The second-order valence-corrected chi connectivity index (χ2v) is 25.5. The number of Topliss-reactive ketones (excluding diaryl/α,β-unsaturated/α-hetero) is 5. The molecule has 10 nitrogen and oxygen atoms in total. The molecule has 7 aliphatic carbocycles. The van der Waals surface area contributed by atoms with Gasteiger partial charge in [-0.1, -0.05) is 87.0 Å². The Labute approximate surface area is 418 Å². The lowest BCUT2D eigenvalue weighted by atomic mass is 9.29. The highest BCUT2D eigenvalue weighted by Crippen LogP contribution is 2.77. The number of hydrogen-bond acceptors (Lipinski definition) is 9. The summed E-state index contributed by atoms with van der Waals surface area (Å²) in [5.41, 5.74) is 4.12. The minimum Gasteiger partial charge on any atom is -0.507 e. The van der Waals surface area contributed by atoms with Crippen LogP contribution in [-0.2, 0) is 30.4 Å². The van der Waals surface area contributed by atoms with Gasteiger partial charge in [-0.3, -0.25) is 33.7 Å². The standard InChI is InChI=1S/C60H82N2O8/c1-30(2)49-33(5)45(36(8)63)34(6)59(11)35(7)50-32(4)44-31(3)22-23-38(41(44)28-57(50,9)29-58(49,59)10)21-19-17-15-14-16-18-20-37-24-25-43(64)47-40(37)26-39-27-42-51(62(12)13)53(66)48(56(61)69)55(68)60(42,70)54(67)46(39)52(47)65/h24-25,30-35,38-39,41-42,44-46,48-51,64,70H,14-17,22-23,26-29H2,1-13H3,(H2,61,69)/t31?,32?,33?,34?,35?,38?,39-,41?,42-,44?,45?,46?,48?,49?,50?,51-,57?,58?,59?,60-/m0/s1. The van der Waals surface area contributed by atoms with Crippen molar-refractivity contribution in [1.29, 1.82) is 0 Å². The highest BCUT2D eigenvalue weighted by molar-refractivity contribution is 6.32. The summed E-state index contributed by atoms with van der Waals surface area (Å²) in [6.07, 6.45) is 8.14. The Hall–Kier alpha value is -4.12. The number of benzene rings is 1. The molecule has 70 heavy (non-hydrogen) atoms. The first-order chi connectivity index (χ1) is 32.7. The molecule has 0 bridgehead atoms. The van der Waals surface area contributed by atoms with Crippen molar-refractivity contribution in [3.63, 3.8) is 0 Å². The van der Waals surface area contributed by atoms with Crippen LogP contribution in [0.3, 0.4) is 0 Å². The van der Waals surface area contributed by atoms with Crippen molar-refractivity contribution in [1.82, 2.24) is 4.90 Å². The third-order valence-electron chi connectivity index (χ3n) is 21.6. The van der Waals surface area contributed by atoms with Crippen LogP contribution in [0.4, 0.5) is 0 Å². The Bertz CT molecular complexity index is 2490. The lowest BCUT2D eigenvalue weighted by molar-refractivity contribution is -0.267. The van der Waals surface area contributed by atoms with E-state index in [-0.39, 0.29) is 46.3 Å². The van der Waals surface area contributed by atoms with E-state index in [1.807, 2.05) is 6.92 Å². The van der Waals surface area contributed by atoms with Gasteiger partial charge in [-0.05, 0) is 171 Å². The number of amides is 1. The first-order valence-electron chi connectivity index (χ1n) is 26.9. The summed E-state index contributed by atoms with van der Waals surface area (Å²) in [5.74, 6) is 9.48. The number of nitrogens with zero attached hydrogens (tertiary/aromatic N) is 1. The Morgan fingerprint density at radius 2 is 1.57 bits per heavy atom. The maximum Gasteiger partial charge on any atom is 0.235 e. The van der Waals surface area contributed by atoms with Crippen LogP contribution in [-0.4, -0.2) is 75.7 Å². The van der Waals surface area contributed by atoms with Crippen molar-refractivity contribution in [2.24, 2.45) is 117 Å². The summed E-state index contributed by atoms with van der Waals surface area (Å²) in [5, 5.41) is 22.9. The van der Waals surface area contributed by atoms with Gasteiger partial charge >= 0.3 is 0 Å². The summed E-state index contributed by atoms with van der Waals surface area (Å²) in [4.78, 5) is 82.7. The summed E-state index contributed by atoms with van der Waals surface area (Å²) < 4.78 is 0. The minimum absolute atomic E-state index is 0.00728. The van der Waals surface area contributed by atoms with Crippen molar-refractivity contribution in [2.45, 2.75) is 152 Å². The lowest BCUT2D eigenvalue weighted by Crippen LogP contribution is -2.74. The van der Waals surface area contributed by atoms with E-state index in [1.165, 1.54) is 30.2 Å². The molecule has 0 saturated heterocycles. The van der Waals surface area contributed by atoms with E-state index in [4.69, 9.17) is 5.73 Å². The number of unbranched alkanes of at least 4 members (excludes halogenated alkanes) is 3. The molecule has 0 aliphatic heterocycles. The Morgan fingerprint density at radius 1 is 0.914 bits per heavy atom. The molecule has 8 rings (SSSR count). The van der Waals surface area contributed by atoms with E-state index in [0.29, 0.717) is 88.4 Å². The van der Waals surface area contributed by atoms with Gasteiger partial charge < -0.3 is 15.9 Å². The van der Waals surface area contributed by atoms with Gasteiger partial charge in [-0.15, -0.1) is 5.92 Å². The molecule has 0 aromatic heterocycles. The topological polar surface area (TPSA) is 172 Å². The number of aliphatic hydroxyl groups is 1. The van der Waals surface area contributed by atoms with Crippen molar-refractivity contribution in [3.05, 3.63) is 28.8 Å². The summed E-state index contributed by atoms with van der Waals surface area (Å²) in [6.45, 7) is 27.0. The van der Waals surface area contributed by atoms with E-state index >= 15 is 0 Å². The molecule has 20 atom stereocenters. The molecule has 1 aromatic carbocycles. The molecular formula is C60H82N2O8. The number of likely N-dealkylation sites (N-methyl/N-ethyl adjacent to an activating group) is 1. The molecule has 1 amide bonds. The van der Waals surface area contributed by atoms with Crippen LogP contribution in [0.1, 0.15) is 155 Å². The molecule has 6 fully saturated rings. The van der Waals surface area contributed by atoms with E-state index in [2.05, 4.69) is 92.9 Å². The molecule has 4 N–H and O–H groups in total. The molecular weight excluding hydrogens is 877 g/mol. The van der Waals surface area contributed by atoms with E-state index in [9.17, 15) is 39.0 Å². The SMILES string of the molecule is CC(=O)C1C(C)C(C(C)C)C2(C)CC3(C)CC4C(C#CCCCCC#Cc5ccc(O)c6c5C[C@H]5C[C@H]7[C@H](N(C)C)C(=O)C(C(N)=O)C(=O)[C@@]7(O)C(=O)C5C6=O)CCC(C)C4C(C)C3C(C)C2(C)C1C. The number of phenols is 1. The Balaban J connectivity index is 0.948. The van der Waals surface area contributed by atoms with Gasteiger partial charge in [0.05, 0.1) is 17.5 Å². The smallest absolute Gasteiger partial charge is 0.235 e. The largest absolute Gasteiger partial charge is 0.507 e. The number of phenolic OH excluding ortho intramolecular Hbond substituents is 1. The summed E-state index contributed by atoms with van der Waals surface area (Å²) >= 11 is 0. The Kier molecular flexibility index (Phi) is 13.7. The third-order valence-corrected chi connectivity index (χ3v) is 21.6. The van der Waals surface area contributed by atoms with Gasteiger partial charge in [0.25, 0.3) is 0 Å². The molecule has 16 unspecified atom stereocenters. The number of carbonyl (C=O) groups is 6. The molecule has 1 aromatic rings. The predicted octanol–water partition coefficient (Wildman–Crippen LogP) is 8.54. The van der Waals surface area contributed by atoms with Gasteiger partial charge in [0.2, 0.25) is 5.91 Å². The number of ketones is 5. The van der Waals surface area contributed by atoms with Gasteiger partial charge in [0.15, 0.2) is 34.7 Å². The Morgan fingerprint density at radius 3 is 2.19 bits per heavy atom. The fourth-order valence-electron chi connectivity index (χ4n) is 19.2.